The summed E-state index contributed by atoms with van der Waals surface area (Å²) in [5.41, 5.74) is 7.94. The van der Waals surface area contributed by atoms with Crippen molar-refractivity contribution >= 4 is 11.4 Å². The van der Waals surface area contributed by atoms with Gasteiger partial charge in [-0.25, -0.2) is 4.99 Å². The zero-order valence-electron chi connectivity index (χ0n) is 13.3. The standard InChI is InChI=1S/C21H18N2/c1-14(2)20-12-11-15(13-22-20)23-21-18-9-5-3-7-16(18)17-8-4-6-10-19(17)21/h3-14H,1-2H3. The van der Waals surface area contributed by atoms with Crippen LogP contribution in [0, 0.1) is 0 Å². The Morgan fingerprint density at radius 1 is 0.739 bits per heavy atom. The molecule has 3 aromatic rings. The molecule has 2 heteroatoms. The van der Waals surface area contributed by atoms with Crippen molar-refractivity contribution in [2.45, 2.75) is 19.8 Å². The molecule has 0 atom stereocenters. The predicted octanol–water partition coefficient (Wildman–Crippen LogP) is 5.35. The maximum atomic E-state index is 4.90. The van der Waals surface area contributed by atoms with Crippen LogP contribution in [0.15, 0.2) is 71.9 Å². The highest BCUT2D eigenvalue weighted by Crippen LogP contribution is 2.37. The molecule has 0 amide bonds. The van der Waals surface area contributed by atoms with Gasteiger partial charge >= 0.3 is 0 Å². The summed E-state index contributed by atoms with van der Waals surface area (Å²) in [5.74, 6) is 0.435. The normalized spacial score (nSPS) is 12.2. The minimum Gasteiger partial charge on any atom is -0.259 e. The quantitative estimate of drug-likeness (QED) is 0.489. The first-order valence-electron chi connectivity index (χ1n) is 7.98. The van der Waals surface area contributed by atoms with Crippen molar-refractivity contribution in [1.29, 1.82) is 0 Å². The summed E-state index contributed by atoms with van der Waals surface area (Å²) in [7, 11) is 0. The van der Waals surface area contributed by atoms with Crippen LogP contribution in [-0.4, -0.2) is 10.7 Å². The van der Waals surface area contributed by atoms with E-state index in [9.17, 15) is 0 Å². The van der Waals surface area contributed by atoms with Crippen LogP contribution >= 0.6 is 0 Å². The summed E-state index contributed by atoms with van der Waals surface area (Å²) in [5, 5.41) is 0. The zero-order valence-corrected chi connectivity index (χ0v) is 13.3. The third kappa shape index (κ3) is 2.36. The molecule has 1 heterocycles. The van der Waals surface area contributed by atoms with Crippen LogP contribution in [0.25, 0.3) is 11.1 Å². The fraction of sp³-hybridized carbons (Fsp3) is 0.143. The Morgan fingerprint density at radius 2 is 1.30 bits per heavy atom. The minimum absolute atomic E-state index is 0.435. The van der Waals surface area contributed by atoms with Gasteiger partial charge in [0.15, 0.2) is 0 Å². The minimum atomic E-state index is 0.435. The van der Waals surface area contributed by atoms with Crippen molar-refractivity contribution in [2.75, 3.05) is 0 Å². The second kappa shape index (κ2) is 5.47. The maximum absolute atomic E-state index is 4.90. The Bertz CT molecular complexity index is 842. The van der Waals surface area contributed by atoms with E-state index in [0.29, 0.717) is 5.92 Å². The number of benzene rings is 2. The number of hydrogen-bond donors (Lipinski definition) is 0. The first-order chi connectivity index (χ1) is 11.2. The SMILES string of the molecule is CC(C)c1ccc(N=C2c3ccccc3-c3ccccc32)cn1. The fourth-order valence-electron chi connectivity index (χ4n) is 3.05. The summed E-state index contributed by atoms with van der Waals surface area (Å²) in [6.45, 7) is 4.30. The van der Waals surface area contributed by atoms with Crippen molar-refractivity contribution in [3.8, 4) is 11.1 Å². The van der Waals surface area contributed by atoms with E-state index >= 15 is 0 Å². The van der Waals surface area contributed by atoms with Gasteiger partial charge in [0, 0.05) is 16.8 Å². The Labute approximate surface area is 136 Å². The second-order valence-corrected chi connectivity index (χ2v) is 6.15. The molecule has 0 aliphatic heterocycles. The maximum Gasteiger partial charge on any atom is 0.0820 e. The molecule has 1 aliphatic rings. The highest BCUT2D eigenvalue weighted by Gasteiger charge is 2.23. The lowest BCUT2D eigenvalue weighted by Gasteiger charge is -2.05. The van der Waals surface area contributed by atoms with E-state index in [1.807, 2.05) is 6.20 Å². The number of aliphatic imine (C=N–C) groups is 1. The van der Waals surface area contributed by atoms with Crippen LogP contribution in [0.1, 0.15) is 36.6 Å². The van der Waals surface area contributed by atoms with Crippen molar-refractivity contribution in [3.05, 3.63) is 83.7 Å². The smallest absolute Gasteiger partial charge is 0.0820 e. The summed E-state index contributed by atoms with van der Waals surface area (Å²) < 4.78 is 0. The van der Waals surface area contributed by atoms with Crippen molar-refractivity contribution < 1.29 is 0 Å². The van der Waals surface area contributed by atoms with Crippen molar-refractivity contribution in [2.24, 2.45) is 4.99 Å². The van der Waals surface area contributed by atoms with Gasteiger partial charge in [0.05, 0.1) is 17.6 Å². The third-order valence-corrected chi connectivity index (χ3v) is 4.26. The summed E-state index contributed by atoms with van der Waals surface area (Å²) >= 11 is 0. The average Bonchev–Trinajstić information content (AvgIpc) is 2.90. The van der Waals surface area contributed by atoms with Gasteiger partial charge in [-0.1, -0.05) is 62.4 Å². The van der Waals surface area contributed by atoms with Crippen LogP contribution in [-0.2, 0) is 0 Å². The summed E-state index contributed by atoms with van der Waals surface area (Å²) in [6, 6.07) is 21.0. The second-order valence-electron chi connectivity index (χ2n) is 6.15. The molecule has 2 aromatic carbocycles. The van der Waals surface area contributed by atoms with Gasteiger partial charge in [-0.15, -0.1) is 0 Å². The van der Waals surface area contributed by atoms with Gasteiger partial charge in [-0.2, -0.15) is 0 Å². The van der Waals surface area contributed by atoms with E-state index in [0.717, 1.165) is 17.1 Å². The number of pyridine rings is 1. The molecule has 2 nitrogen and oxygen atoms in total. The number of aromatic nitrogens is 1. The molecule has 0 saturated carbocycles. The summed E-state index contributed by atoms with van der Waals surface area (Å²) in [6.07, 6.45) is 1.87. The molecular weight excluding hydrogens is 280 g/mol. The Balaban J connectivity index is 1.85. The molecule has 0 unspecified atom stereocenters. The van der Waals surface area contributed by atoms with Crippen LogP contribution in [0.3, 0.4) is 0 Å². The molecule has 1 aliphatic carbocycles. The lowest BCUT2D eigenvalue weighted by molar-refractivity contribution is 0.823. The molecule has 1 aromatic heterocycles. The Hall–Kier alpha value is -2.74. The molecule has 112 valence electrons. The molecule has 0 N–H and O–H groups in total. The average molecular weight is 298 g/mol. The Morgan fingerprint density at radius 3 is 1.78 bits per heavy atom. The predicted molar refractivity (Wildman–Crippen MR) is 95.5 cm³/mol. The lowest BCUT2D eigenvalue weighted by atomic mass is 10.1. The van der Waals surface area contributed by atoms with Gasteiger partial charge < -0.3 is 0 Å². The molecule has 23 heavy (non-hydrogen) atoms. The fourth-order valence-corrected chi connectivity index (χ4v) is 3.05. The van der Waals surface area contributed by atoms with Crippen molar-refractivity contribution in [3.63, 3.8) is 0 Å². The summed E-state index contributed by atoms with van der Waals surface area (Å²) in [4.78, 5) is 9.42. The van der Waals surface area contributed by atoms with Crippen molar-refractivity contribution in [1.82, 2.24) is 4.98 Å². The Kier molecular flexibility index (Phi) is 3.30. The monoisotopic (exact) mass is 298 g/mol. The molecule has 0 saturated heterocycles. The van der Waals surface area contributed by atoms with E-state index < -0.39 is 0 Å². The van der Waals surface area contributed by atoms with Gasteiger partial charge in [-0.3, -0.25) is 4.98 Å². The van der Waals surface area contributed by atoms with E-state index in [4.69, 9.17) is 4.99 Å². The highest BCUT2D eigenvalue weighted by molar-refractivity contribution is 6.25. The van der Waals surface area contributed by atoms with Gasteiger partial charge in [0.1, 0.15) is 0 Å². The zero-order chi connectivity index (χ0) is 15.8. The van der Waals surface area contributed by atoms with Crippen LogP contribution in [0.2, 0.25) is 0 Å². The molecular formula is C21H18N2. The number of rotatable bonds is 2. The first-order valence-corrected chi connectivity index (χ1v) is 7.98. The van der Waals surface area contributed by atoms with E-state index in [2.05, 4.69) is 79.5 Å². The van der Waals surface area contributed by atoms with E-state index in [1.54, 1.807) is 0 Å². The van der Waals surface area contributed by atoms with Gasteiger partial charge in [0.2, 0.25) is 0 Å². The van der Waals surface area contributed by atoms with E-state index in [-0.39, 0.29) is 0 Å². The number of fused-ring (bicyclic) bond motifs is 3. The van der Waals surface area contributed by atoms with Crippen LogP contribution in [0.4, 0.5) is 5.69 Å². The third-order valence-electron chi connectivity index (χ3n) is 4.26. The molecule has 4 rings (SSSR count). The topological polar surface area (TPSA) is 25.2 Å². The largest absolute Gasteiger partial charge is 0.259 e. The van der Waals surface area contributed by atoms with Crippen LogP contribution < -0.4 is 0 Å². The molecule has 0 spiro atoms. The van der Waals surface area contributed by atoms with Gasteiger partial charge in [-0.05, 0) is 29.2 Å². The molecule has 0 fully saturated rings. The number of nitrogens with zero attached hydrogens (tertiary/aromatic N) is 2. The number of hydrogen-bond acceptors (Lipinski definition) is 2. The molecule has 0 bridgehead atoms. The first kappa shape index (κ1) is 13.9. The molecule has 0 radical (unpaired) electrons. The van der Waals surface area contributed by atoms with E-state index in [1.165, 1.54) is 22.3 Å². The van der Waals surface area contributed by atoms with Gasteiger partial charge in [0.25, 0.3) is 0 Å². The lowest BCUT2D eigenvalue weighted by Crippen LogP contribution is -1.97. The highest BCUT2D eigenvalue weighted by atomic mass is 14.8. The van der Waals surface area contributed by atoms with Crippen LogP contribution in [0.5, 0.6) is 0 Å².